The van der Waals surface area contributed by atoms with E-state index in [4.69, 9.17) is 4.74 Å². The Labute approximate surface area is 434 Å². The molecule has 3 amide bonds. The second-order valence-electron chi connectivity index (χ2n) is 22.9. The number of nitrogens with zero attached hydrogens (tertiary/aromatic N) is 10. The number of carbonyl (C=O) groups is 3. The lowest BCUT2D eigenvalue weighted by molar-refractivity contribution is -0.147. The normalized spacial score (nSPS) is 22.1. The molecule has 0 bridgehead atoms. The molecule has 0 spiro atoms. The van der Waals surface area contributed by atoms with Gasteiger partial charge in [0.15, 0.2) is 5.82 Å². The molecule has 2 unspecified atom stereocenters. The van der Waals surface area contributed by atoms with Crippen molar-refractivity contribution in [3.05, 3.63) is 71.1 Å². The minimum atomic E-state index is -4.61. The lowest BCUT2D eigenvalue weighted by Crippen LogP contribution is -2.56. The van der Waals surface area contributed by atoms with Crippen molar-refractivity contribution in [1.29, 1.82) is 0 Å². The number of nitrogens with one attached hydrogen (secondary N) is 1. The van der Waals surface area contributed by atoms with Gasteiger partial charge in [0.2, 0.25) is 0 Å². The zero-order valence-electron chi connectivity index (χ0n) is 44.2. The van der Waals surface area contributed by atoms with Gasteiger partial charge in [-0.2, -0.15) is 22.9 Å². The SMILES string of the molecule is CC(C)(C)C1CC(C#Cc2ccc(C(=O)Nc3ccc(C4CCN(C5=Nn6c(nnc6C(F)(F)F)CC5)CC4)cc3)nc2)CCN1C1CCN(C(=O)O)CC1.CC(C)(C)OC(=O)N1CCC(N2CCCCC2)CC1. The molecule has 402 valence electrons. The van der Waals surface area contributed by atoms with E-state index in [0.717, 1.165) is 86.8 Å². The van der Waals surface area contributed by atoms with Gasteiger partial charge in [-0.15, -0.1) is 10.2 Å². The monoisotopic (exact) mass is 1030 g/mol. The van der Waals surface area contributed by atoms with Gasteiger partial charge >= 0.3 is 18.4 Å². The number of likely N-dealkylation sites (tertiary alicyclic amines) is 5. The molecule has 6 aliphatic rings. The number of carbonyl (C=O) groups excluding carboxylic acids is 2. The Hall–Kier alpha value is -5.74. The highest BCUT2D eigenvalue weighted by Gasteiger charge is 2.42. The molecule has 6 aliphatic heterocycles. The van der Waals surface area contributed by atoms with Gasteiger partial charge in [-0.05, 0) is 146 Å². The Morgan fingerprint density at radius 1 is 0.743 bits per heavy atom. The van der Waals surface area contributed by atoms with Gasteiger partial charge in [-0.1, -0.05) is 51.2 Å². The van der Waals surface area contributed by atoms with E-state index in [1.54, 1.807) is 12.3 Å². The van der Waals surface area contributed by atoms with E-state index in [2.05, 4.69) is 72.9 Å². The molecular weight excluding hydrogens is 952 g/mol. The first kappa shape index (κ1) is 54.5. The minimum Gasteiger partial charge on any atom is -0.465 e. The van der Waals surface area contributed by atoms with E-state index in [0.29, 0.717) is 74.4 Å². The van der Waals surface area contributed by atoms with Crippen molar-refractivity contribution in [1.82, 2.24) is 44.4 Å². The summed E-state index contributed by atoms with van der Waals surface area (Å²) in [6.07, 6.45) is 8.49. The van der Waals surface area contributed by atoms with Crippen molar-refractivity contribution in [2.24, 2.45) is 16.4 Å². The molecule has 0 radical (unpaired) electrons. The molecule has 3 aromatic rings. The van der Waals surface area contributed by atoms with Gasteiger partial charge < -0.3 is 34.8 Å². The average molecular weight is 1030 g/mol. The summed E-state index contributed by atoms with van der Waals surface area (Å²) >= 11 is 0. The molecule has 5 fully saturated rings. The lowest BCUT2D eigenvalue weighted by atomic mass is 9.76. The number of carboxylic acid groups (broad SMARTS) is 1. The third kappa shape index (κ3) is 14.1. The van der Waals surface area contributed by atoms with Crippen LogP contribution in [0.3, 0.4) is 0 Å². The van der Waals surface area contributed by atoms with Gasteiger partial charge in [0, 0.05) is 93.6 Å². The smallest absolute Gasteiger partial charge is 0.453 e. The number of anilines is 1. The van der Waals surface area contributed by atoms with Crippen LogP contribution in [-0.4, -0.2) is 156 Å². The van der Waals surface area contributed by atoms with E-state index >= 15 is 0 Å². The Balaban J connectivity index is 0.000000322. The van der Waals surface area contributed by atoms with Crippen molar-refractivity contribution in [3.63, 3.8) is 0 Å². The Kier molecular flexibility index (Phi) is 17.3. The van der Waals surface area contributed by atoms with Crippen LogP contribution >= 0.6 is 0 Å². The predicted octanol–water partition coefficient (Wildman–Crippen LogP) is 9.42. The number of ether oxygens (including phenoxy) is 1. The van der Waals surface area contributed by atoms with E-state index in [1.807, 2.05) is 56.0 Å². The number of fused-ring (bicyclic) bond motifs is 1. The van der Waals surface area contributed by atoms with E-state index in [-0.39, 0.29) is 40.7 Å². The summed E-state index contributed by atoms with van der Waals surface area (Å²) in [5, 5.41) is 23.5. The van der Waals surface area contributed by atoms with Crippen molar-refractivity contribution in [2.75, 3.05) is 64.2 Å². The highest BCUT2D eigenvalue weighted by Crippen LogP contribution is 2.38. The number of aryl methyl sites for hydroxylation is 1. The third-order valence-electron chi connectivity index (χ3n) is 15.5. The van der Waals surface area contributed by atoms with Crippen LogP contribution in [-0.2, 0) is 17.3 Å². The molecule has 19 heteroatoms. The predicted molar refractivity (Wildman–Crippen MR) is 277 cm³/mol. The largest absolute Gasteiger partial charge is 0.465 e. The number of rotatable bonds is 5. The van der Waals surface area contributed by atoms with E-state index in [9.17, 15) is 32.7 Å². The number of benzene rings is 1. The zero-order chi connectivity index (χ0) is 52.8. The zero-order valence-corrected chi connectivity index (χ0v) is 44.2. The number of amidine groups is 1. The molecule has 9 rings (SSSR count). The summed E-state index contributed by atoms with van der Waals surface area (Å²) in [5.74, 6) is 6.75. The van der Waals surface area contributed by atoms with Gasteiger partial charge in [-0.3, -0.25) is 9.69 Å². The summed E-state index contributed by atoms with van der Waals surface area (Å²) < 4.78 is 46.3. The molecule has 16 nitrogen and oxygen atoms in total. The lowest BCUT2D eigenvalue weighted by Gasteiger charge is -2.50. The van der Waals surface area contributed by atoms with E-state index < -0.39 is 18.1 Å². The summed E-state index contributed by atoms with van der Waals surface area (Å²) in [7, 11) is 0. The van der Waals surface area contributed by atoms with Gasteiger partial charge in [0.1, 0.15) is 17.1 Å². The number of hydrogen-bond acceptors (Lipinski definition) is 11. The standard InChI is InChI=1S/C40H48F3N9O3.C15H28N2O2/c1-39(2,3)33-24-26(14-23-51(33)31-17-21-50(22-18-31)38(54)55)4-5-27-6-11-32(44-25-27)36(53)45-30-9-7-28(8-10-30)29-15-19-49(20-16-29)35-13-12-34-46-47-37(40(41,42)43)52(34)48-35;1-15(2,3)19-14(18)17-11-7-13(8-12-17)16-9-5-4-6-10-16/h6-11,25-26,29,31,33H,12-24H2,1-3H3,(H,45,53)(H,54,55);13H,4-12H2,1-3H3. The molecule has 5 saturated heterocycles. The number of alkyl halides is 3. The quantitative estimate of drug-likeness (QED) is 0.234. The highest BCUT2D eigenvalue weighted by atomic mass is 19.4. The van der Waals surface area contributed by atoms with Crippen LogP contribution in [0.25, 0.3) is 0 Å². The second kappa shape index (κ2) is 23.4. The third-order valence-corrected chi connectivity index (χ3v) is 15.5. The maximum Gasteiger partial charge on any atom is 0.453 e. The number of pyridine rings is 1. The fraction of sp³-hybridized carbons (Fsp3) is 0.655. The van der Waals surface area contributed by atoms with Crippen molar-refractivity contribution in [3.8, 4) is 11.8 Å². The molecule has 2 N–H and O–H groups in total. The van der Waals surface area contributed by atoms with Gasteiger partial charge in [0.05, 0.1) is 0 Å². The van der Waals surface area contributed by atoms with Crippen LogP contribution in [0.15, 0.2) is 47.7 Å². The van der Waals surface area contributed by atoms with Gasteiger partial charge in [0.25, 0.3) is 11.7 Å². The number of aromatic nitrogens is 4. The first-order valence-electron chi connectivity index (χ1n) is 26.9. The molecule has 0 saturated carbocycles. The maximum atomic E-state index is 13.4. The van der Waals surface area contributed by atoms with Crippen LogP contribution < -0.4 is 5.32 Å². The van der Waals surface area contributed by atoms with E-state index in [1.165, 1.54) is 37.3 Å². The van der Waals surface area contributed by atoms with Gasteiger partial charge in [-0.25, -0.2) is 14.6 Å². The molecule has 0 aliphatic carbocycles. The molecule has 2 atom stereocenters. The second-order valence-corrected chi connectivity index (χ2v) is 22.9. The number of halogens is 3. The number of piperidine rings is 5. The average Bonchev–Trinajstić information content (AvgIpc) is 3.83. The topological polar surface area (TPSA) is 165 Å². The summed E-state index contributed by atoms with van der Waals surface area (Å²) in [6.45, 7) is 20.2. The van der Waals surface area contributed by atoms with Crippen LogP contribution in [0.5, 0.6) is 0 Å². The molecule has 2 aromatic heterocycles. The first-order chi connectivity index (χ1) is 35.2. The van der Waals surface area contributed by atoms with Crippen molar-refractivity contribution < 1.29 is 37.4 Å². The highest BCUT2D eigenvalue weighted by molar-refractivity contribution is 6.02. The Morgan fingerprint density at radius 3 is 2.01 bits per heavy atom. The number of hydrogen-bond donors (Lipinski definition) is 2. The van der Waals surface area contributed by atoms with Crippen LogP contribution in [0.1, 0.15) is 158 Å². The first-order valence-corrected chi connectivity index (χ1v) is 26.9. The van der Waals surface area contributed by atoms with Crippen molar-refractivity contribution >= 4 is 29.6 Å². The van der Waals surface area contributed by atoms with Crippen molar-refractivity contribution in [2.45, 2.75) is 161 Å². The summed E-state index contributed by atoms with van der Waals surface area (Å²) in [4.78, 5) is 51.5. The fourth-order valence-electron chi connectivity index (χ4n) is 11.5. The van der Waals surface area contributed by atoms with Crippen LogP contribution in [0.2, 0.25) is 0 Å². The molecule has 74 heavy (non-hydrogen) atoms. The maximum absolute atomic E-state index is 13.4. The Morgan fingerprint density at radius 2 is 1.41 bits per heavy atom. The molecular formula is C55H76F3N11O5. The molecule has 1 aromatic carbocycles. The molecule has 8 heterocycles. The number of amides is 3. The van der Waals surface area contributed by atoms with Crippen LogP contribution in [0, 0.1) is 23.2 Å². The Bertz CT molecular complexity index is 2480. The summed E-state index contributed by atoms with van der Waals surface area (Å²) in [6, 6.07) is 12.7. The summed E-state index contributed by atoms with van der Waals surface area (Å²) in [5.41, 5.74) is 2.53. The minimum absolute atomic E-state index is 0.0630. The van der Waals surface area contributed by atoms with Crippen LogP contribution in [0.4, 0.5) is 28.4 Å². The fourth-order valence-corrected chi connectivity index (χ4v) is 11.5.